The van der Waals surface area contributed by atoms with E-state index in [0.29, 0.717) is 0 Å². The van der Waals surface area contributed by atoms with E-state index < -0.39 is 28.5 Å². The molecular weight excluding hydrogens is 521 g/mol. The van der Waals surface area contributed by atoms with Gasteiger partial charge in [0.1, 0.15) is 12.6 Å². The molecule has 0 aliphatic heterocycles. The Bertz CT molecular complexity index is 1160. The number of rotatable bonds is 9. The average molecular weight is 555 g/mol. The molecule has 0 radical (unpaired) electrons. The van der Waals surface area contributed by atoms with Crippen LogP contribution in [0.5, 0.6) is 0 Å². The Hall–Kier alpha value is -2.29. The van der Waals surface area contributed by atoms with Gasteiger partial charge in [0.2, 0.25) is 21.8 Å². The first-order valence-electron chi connectivity index (χ1n) is 12.0. The van der Waals surface area contributed by atoms with Crippen LogP contribution in [0.3, 0.4) is 0 Å². The molecule has 1 N–H and O–H groups in total. The van der Waals surface area contributed by atoms with E-state index >= 15 is 0 Å². The number of hydrogen-bond acceptors (Lipinski definition) is 4. The van der Waals surface area contributed by atoms with Crippen LogP contribution >= 0.6 is 23.2 Å². The van der Waals surface area contributed by atoms with Crippen LogP contribution in [-0.2, 0) is 26.2 Å². The zero-order valence-corrected chi connectivity index (χ0v) is 23.2. The fourth-order valence-electron chi connectivity index (χ4n) is 4.34. The number of nitrogens with one attached hydrogen (secondary N) is 1. The lowest BCUT2D eigenvalue weighted by molar-refractivity contribution is -0.139. The van der Waals surface area contributed by atoms with Crippen molar-refractivity contribution in [3.8, 4) is 0 Å². The normalized spacial score (nSPS) is 15.2. The van der Waals surface area contributed by atoms with Crippen molar-refractivity contribution in [3.05, 3.63) is 63.6 Å². The van der Waals surface area contributed by atoms with E-state index in [0.717, 1.165) is 53.8 Å². The van der Waals surface area contributed by atoms with Gasteiger partial charge in [0.15, 0.2) is 0 Å². The van der Waals surface area contributed by atoms with Gasteiger partial charge < -0.3 is 10.2 Å². The van der Waals surface area contributed by atoms with E-state index in [1.807, 2.05) is 31.2 Å². The van der Waals surface area contributed by atoms with Crippen LogP contribution in [0.2, 0.25) is 10.0 Å². The van der Waals surface area contributed by atoms with Crippen LogP contribution in [-0.4, -0.2) is 50.0 Å². The minimum atomic E-state index is -3.86. The Morgan fingerprint density at radius 2 is 1.61 bits per heavy atom. The second kappa shape index (κ2) is 12.3. The highest BCUT2D eigenvalue weighted by Crippen LogP contribution is 2.27. The second-order valence-electron chi connectivity index (χ2n) is 9.42. The largest absolute Gasteiger partial charge is 0.352 e. The van der Waals surface area contributed by atoms with Gasteiger partial charge in [-0.25, -0.2) is 8.42 Å². The Balaban J connectivity index is 1.88. The van der Waals surface area contributed by atoms with Gasteiger partial charge in [-0.2, -0.15) is 0 Å². The van der Waals surface area contributed by atoms with Crippen molar-refractivity contribution in [2.75, 3.05) is 17.1 Å². The van der Waals surface area contributed by atoms with Gasteiger partial charge in [-0.1, -0.05) is 72.3 Å². The Kier molecular flexibility index (Phi) is 9.66. The molecule has 36 heavy (non-hydrogen) atoms. The number of carbonyl (C=O) groups excluding carboxylic acids is 2. The summed E-state index contributed by atoms with van der Waals surface area (Å²) in [7, 11) is -3.86. The Labute approximate surface area is 223 Å². The summed E-state index contributed by atoms with van der Waals surface area (Å²) in [5.41, 5.74) is 2.08. The molecule has 1 unspecified atom stereocenters. The van der Waals surface area contributed by atoms with Crippen molar-refractivity contribution in [2.45, 2.75) is 64.6 Å². The molecule has 10 heteroatoms. The number of benzene rings is 2. The minimum absolute atomic E-state index is 0.0890. The van der Waals surface area contributed by atoms with Crippen molar-refractivity contribution >= 4 is 50.7 Å². The molecule has 0 spiro atoms. The predicted octanol–water partition coefficient (Wildman–Crippen LogP) is 4.93. The zero-order valence-electron chi connectivity index (χ0n) is 20.8. The smallest absolute Gasteiger partial charge is 0.244 e. The molecule has 1 atom stereocenters. The van der Waals surface area contributed by atoms with Crippen molar-refractivity contribution in [1.29, 1.82) is 0 Å². The lowest BCUT2D eigenvalue weighted by atomic mass is 9.95. The van der Waals surface area contributed by atoms with E-state index in [1.165, 1.54) is 23.1 Å². The fraction of sp³-hybridized carbons (Fsp3) is 0.462. The van der Waals surface area contributed by atoms with Crippen LogP contribution in [0.1, 0.15) is 50.2 Å². The number of sulfonamides is 1. The molecule has 196 valence electrons. The van der Waals surface area contributed by atoms with Gasteiger partial charge in [0.25, 0.3) is 0 Å². The lowest BCUT2D eigenvalue weighted by Crippen LogP contribution is -2.52. The highest BCUT2D eigenvalue weighted by atomic mass is 35.5. The van der Waals surface area contributed by atoms with Crippen LogP contribution in [0.25, 0.3) is 0 Å². The maximum absolute atomic E-state index is 13.6. The molecular formula is C26H33Cl2N3O4S. The third kappa shape index (κ3) is 7.85. The lowest BCUT2D eigenvalue weighted by Gasteiger charge is -2.33. The minimum Gasteiger partial charge on any atom is -0.352 e. The molecule has 7 nitrogen and oxygen atoms in total. The molecule has 1 saturated carbocycles. The molecule has 1 fully saturated rings. The Morgan fingerprint density at radius 1 is 1.03 bits per heavy atom. The summed E-state index contributed by atoms with van der Waals surface area (Å²) in [6.07, 6.45) is 6.14. The summed E-state index contributed by atoms with van der Waals surface area (Å²) >= 11 is 12.2. The molecule has 2 aromatic carbocycles. The van der Waals surface area contributed by atoms with Crippen molar-refractivity contribution in [1.82, 2.24) is 10.2 Å². The summed E-state index contributed by atoms with van der Waals surface area (Å²) in [6.45, 7) is 3.30. The number of nitrogens with zero attached hydrogens (tertiary/aromatic N) is 2. The maximum Gasteiger partial charge on any atom is 0.244 e. The average Bonchev–Trinajstić information content (AvgIpc) is 2.80. The Morgan fingerprint density at radius 3 is 2.17 bits per heavy atom. The van der Waals surface area contributed by atoms with Crippen LogP contribution < -0.4 is 9.62 Å². The SMILES string of the molecule is Cc1ccc(CN(C(=O)CN(c2cc(Cl)cc(Cl)c2)S(C)(=O)=O)C(C)C(=O)NC2CCCCC2)cc1. The monoisotopic (exact) mass is 553 g/mol. The van der Waals surface area contributed by atoms with Crippen LogP contribution in [0.15, 0.2) is 42.5 Å². The van der Waals surface area contributed by atoms with Gasteiger partial charge in [0.05, 0.1) is 11.9 Å². The fourth-order valence-corrected chi connectivity index (χ4v) is 5.69. The summed E-state index contributed by atoms with van der Waals surface area (Å²) < 4.78 is 26.3. The van der Waals surface area contributed by atoms with E-state index in [4.69, 9.17) is 23.2 Å². The molecule has 2 aromatic rings. The van der Waals surface area contributed by atoms with E-state index in [9.17, 15) is 18.0 Å². The maximum atomic E-state index is 13.6. The predicted molar refractivity (Wildman–Crippen MR) is 145 cm³/mol. The molecule has 1 aliphatic rings. The first-order chi connectivity index (χ1) is 16.9. The molecule has 1 aliphatic carbocycles. The van der Waals surface area contributed by atoms with Crippen LogP contribution in [0.4, 0.5) is 5.69 Å². The highest BCUT2D eigenvalue weighted by molar-refractivity contribution is 7.92. The van der Waals surface area contributed by atoms with Gasteiger partial charge in [-0.05, 0) is 50.5 Å². The summed E-state index contributed by atoms with van der Waals surface area (Å²) in [5, 5.41) is 3.57. The van der Waals surface area contributed by atoms with E-state index in [-0.39, 0.29) is 34.2 Å². The molecule has 0 saturated heterocycles. The quantitative estimate of drug-likeness (QED) is 0.476. The number of hydrogen-bond donors (Lipinski definition) is 1. The topological polar surface area (TPSA) is 86.8 Å². The highest BCUT2D eigenvalue weighted by Gasteiger charge is 2.31. The number of halogens is 2. The zero-order chi connectivity index (χ0) is 26.5. The van der Waals surface area contributed by atoms with E-state index in [1.54, 1.807) is 6.92 Å². The molecule has 2 amide bonds. The van der Waals surface area contributed by atoms with Crippen molar-refractivity contribution < 1.29 is 18.0 Å². The van der Waals surface area contributed by atoms with Gasteiger partial charge in [-0.3, -0.25) is 13.9 Å². The molecule has 0 aromatic heterocycles. The number of aryl methyl sites for hydroxylation is 1. The molecule has 0 heterocycles. The summed E-state index contributed by atoms with van der Waals surface area (Å²) in [4.78, 5) is 28.2. The first-order valence-corrected chi connectivity index (χ1v) is 14.6. The number of anilines is 1. The van der Waals surface area contributed by atoms with Crippen molar-refractivity contribution in [3.63, 3.8) is 0 Å². The first kappa shape index (κ1) is 28.3. The second-order valence-corrected chi connectivity index (χ2v) is 12.2. The van der Waals surface area contributed by atoms with Gasteiger partial charge in [-0.15, -0.1) is 0 Å². The third-order valence-corrected chi connectivity index (χ3v) is 7.98. The molecule has 0 bridgehead atoms. The summed E-state index contributed by atoms with van der Waals surface area (Å²) in [5.74, 6) is -0.762. The summed E-state index contributed by atoms with van der Waals surface area (Å²) in [6, 6.07) is 11.3. The molecule has 3 rings (SSSR count). The number of amides is 2. The third-order valence-electron chi connectivity index (χ3n) is 6.41. The van der Waals surface area contributed by atoms with Gasteiger partial charge in [0, 0.05) is 22.6 Å². The number of carbonyl (C=O) groups is 2. The standard InChI is InChI=1S/C26H33Cl2N3O4S/c1-18-9-11-20(12-10-18)16-30(19(2)26(33)29-23-7-5-4-6-8-23)25(32)17-31(36(3,34)35)24-14-21(27)13-22(28)15-24/h9-15,19,23H,4-8,16-17H2,1-3H3,(H,29,33). The van der Waals surface area contributed by atoms with Crippen LogP contribution in [0, 0.1) is 6.92 Å². The van der Waals surface area contributed by atoms with E-state index in [2.05, 4.69) is 5.32 Å². The van der Waals surface area contributed by atoms with Crippen molar-refractivity contribution in [2.24, 2.45) is 0 Å². The van der Waals surface area contributed by atoms with Gasteiger partial charge >= 0.3 is 0 Å².